The lowest BCUT2D eigenvalue weighted by Crippen LogP contribution is -2.18. The number of nitrogens with one attached hydrogen (secondary N) is 1. The van der Waals surface area contributed by atoms with Crippen LogP contribution in [0.25, 0.3) is 0 Å². The molecule has 0 spiro atoms. The molecule has 1 aromatic carbocycles. The number of anilines is 1. The number of hydrogen-bond acceptors (Lipinski definition) is 5. The second kappa shape index (κ2) is 9.62. The van der Waals surface area contributed by atoms with E-state index in [4.69, 9.17) is 9.84 Å². The number of carbonyl (C=O) groups excluding carboxylic acids is 1. The van der Waals surface area contributed by atoms with Crippen LogP contribution in [0.3, 0.4) is 0 Å². The van der Waals surface area contributed by atoms with Crippen molar-refractivity contribution in [2.45, 2.75) is 26.4 Å². The molecule has 7 heteroatoms. The van der Waals surface area contributed by atoms with E-state index in [1.165, 1.54) is 12.1 Å². The number of pyridine rings is 1. The highest BCUT2D eigenvalue weighted by atomic mass is 79.9. The Labute approximate surface area is 166 Å². The van der Waals surface area contributed by atoms with Gasteiger partial charge in [-0.15, -0.1) is 0 Å². The second-order valence-corrected chi connectivity index (χ2v) is 7.13. The number of halogens is 2. The van der Waals surface area contributed by atoms with Gasteiger partial charge in [-0.25, -0.2) is 14.2 Å². The van der Waals surface area contributed by atoms with Crippen molar-refractivity contribution in [3.63, 3.8) is 0 Å². The molecule has 5 nitrogen and oxygen atoms in total. The number of hydrogen-bond donors (Lipinski definition) is 2. The first-order valence-corrected chi connectivity index (χ1v) is 9.25. The Morgan fingerprint density at radius 1 is 1.37 bits per heavy atom. The molecule has 0 fully saturated rings. The average molecular weight is 437 g/mol. The van der Waals surface area contributed by atoms with Crippen molar-refractivity contribution in [1.29, 1.82) is 0 Å². The monoisotopic (exact) mass is 436 g/mol. The minimum absolute atomic E-state index is 0.143. The molecule has 0 amide bonds. The van der Waals surface area contributed by atoms with Gasteiger partial charge in [-0.05, 0) is 58.6 Å². The maximum absolute atomic E-state index is 13.1. The molecule has 0 aliphatic carbocycles. The van der Waals surface area contributed by atoms with Gasteiger partial charge in [-0.3, -0.25) is 0 Å². The number of aliphatic hydroxyl groups is 1. The van der Waals surface area contributed by atoms with E-state index in [0.717, 1.165) is 11.1 Å². The van der Waals surface area contributed by atoms with Crippen molar-refractivity contribution in [1.82, 2.24) is 4.98 Å². The van der Waals surface area contributed by atoms with Crippen molar-refractivity contribution in [3.05, 3.63) is 69.7 Å². The summed E-state index contributed by atoms with van der Waals surface area (Å²) < 4.78 is 19.0. The van der Waals surface area contributed by atoms with Crippen LogP contribution in [-0.2, 0) is 11.2 Å². The van der Waals surface area contributed by atoms with E-state index < -0.39 is 5.97 Å². The Morgan fingerprint density at radius 3 is 2.63 bits per heavy atom. The smallest absolute Gasteiger partial charge is 0.359 e. The zero-order valence-electron chi connectivity index (χ0n) is 15.3. The molecule has 0 aliphatic heterocycles. The quantitative estimate of drug-likeness (QED) is 0.481. The van der Waals surface area contributed by atoms with Crippen molar-refractivity contribution in [3.8, 4) is 0 Å². The highest BCUT2D eigenvalue weighted by Gasteiger charge is 2.21. The molecule has 144 valence electrons. The van der Waals surface area contributed by atoms with Gasteiger partial charge in [0.2, 0.25) is 0 Å². The van der Waals surface area contributed by atoms with E-state index >= 15 is 0 Å². The minimum atomic E-state index is -0.545. The van der Waals surface area contributed by atoms with Crippen molar-refractivity contribution < 1.29 is 19.0 Å². The molecule has 0 saturated heterocycles. The molecular weight excluding hydrogens is 415 g/mol. The number of aromatic nitrogens is 1. The van der Waals surface area contributed by atoms with Gasteiger partial charge in [0.15, 0.2) is 5.69 Å². The lowest BCUT2D eigenvalue weighted by atomic mass is 10.1. The van der Waals surface area contributed by atoms with Gasteiger partial charge in [0.1, 0.15) is 5.82 Å². The summed E-state index contributed by atoms with van der Waals surface area (Å²) in [7, 11) is 0. The van der Waals surface area contributed by atoms with Crippen LogP contribution in [0.2, 0.25) is 0 Å². The number of benzene rings is 1. The first kappa shape index (κ1) is 21.1. The second-order valence-electron chi connectivity index (χ2n) is 6.34. The fourth-order valence-corrected chi connectivity index (χ4v) is 2.90. The average Bonchev–Trinajstić information content (AvgIpc) is 2.63. The lowest BCUT2D eigenvalue weighted by Gasteiger charge is -2.17. The number of aliphatic hydroxyl groups excluding tert-OH is 1. The first-order chi connectivity index (χ1) is 12.8. The summed E-state index contributed by atoms with van der Waals surface area (Å²) in [5, 5.41) is 12.3. The molecule has 1 heterocycles. The number of carbonyl (C=O) groups is 1. The van der Waals surface area contributed by atoms with Crippen molar-refractivity contribution >= 4 is 27.6 Å². The van der Waals surface area contributed by atoms with E-state index in [1.807, 2.05) is 0 Å². The molecule has 1 aromatic heterocycles. The van der Waals surface area contributed by atoms with E-state index in [-0.39, 0.29) is 30.8 Å². The van der Waals surface area contributed by atoms with Gasteiger partial charge < -0.3 is 15.2 Å². The number of ether oxygens (including phenoxy) is 1. The molecule has 2 aromatic rings. The van der Waals surface area contributed by atoms with Crippen LogP contribution in [0.4, 0.5) is 10.1 Å². The van der Waals surface area contributed by atoms with Crippen LogP contribution in [-0.4, -0.2) is 35.3 Å². The Morgan fingerprint density at radius 2 is 2.04 bits per heavy atom. The summed E-state index contributed by atoms with van der Waals surface area (Å²) in [6.45, 7) is 7.37. The fraction of sp³-hybridized carbons (Fsp3) is 0.300. The molecule has 2 N–H and O–H groups in total. The van der Waals surface area contributed by atoms with Gasteiger partial charge in [0.05, 0.1) is 18.4 Å². The summed E-state index contributed by atoms with van der Waals surface area (Å²) in [6.07, 6.45) is 1.82. The van der Waals surface area contributed by atoms with Crippen LogP contribution >= 0.6 is 15.9 Å². The Balaban J connectivity index is 2.37. The van der Waals surface area contributed by atoms with Gasteiger partial charge in [0.25, 0.3) is 0 Å². The maximum Gasteiger partial charge on any atom is 0.359 e. The van der Waals surface area contributed by atoms with Crippen LogP contribution in [0.1, 0.15) is 35.5 Å². The van der Waals surface area contributed by atoms with Gasteiger partial charge in [-0.2, -0.15) is 0 Å². The SMILES string of the molecule is C=C(CO)CNc1c(C(=O)OC(C)C)ncc(Cc2ccc(F)cc2)c1Br. The third-order valence-electron chi connectivity index (χ3n) is 3.67. The summed E-state index contributed by atoms with van der Waals surface area (Å²) in [5.74, 6) is -0.844. The maximum atomic E-state index is 13.1. The third kappa shape index (κ3) is 5.87. The summed E-state index contributed by atoms with van der Waals surface area (Å²) in [6, 6.07) is 6.19. The highest BCUT2D eigenvalue weighted by molar-refractivity contribution is 9.10. The minimum Gasteiger partial charge on any atom is -0.458 e. The third-order valence-corrected chi connectivity index (χ3v) is 4.58. The van der Waals surface area contributed by atoms with Crippen molar-refractivity contribution in [2.24, 2.45) is 0 Å². The van der Waals surface area contributed by atoms with Crippen LogP contribution in [0.5, 0.6) is 0 Å². The summed E-state index contributed by atoms with van der Waals surface area (Å²) >= 11 is 3.53. The van der Waals surface area contributed by atoms with E-state index in [2.05, 4.69) is 32.8 Å². The van der Waals surface area contributed by atoms with E-state index in [9.17, 15) is 9.18 Å². The largest absolute Gasteiger partial charge is 0.458 e. The van der Waals surface area contributed by atoms with Gasteiger partial charge in [-0.1, -0.05) is 18.7 Å². The predicted octanol–water partition coefficient (Wildman–Crippen LogP) is 4.10. The van der Waals surface area contributed by atoms with Gasteiger partial charge >= 0.3 is 5.97 Å². The zero-order chi connectivity index (χ0) is 20.0. The van der Waals surface area contributed by atoms with E-state index in [0.29, 0.717) is 22.2 Å². The Hall–Kier alpha value is -2.25. The standard InChI is InChI=1S/C20H22BrFN2O3/c1-12(2)27-20(26)19-18(23-9-13(3)11-25)17(21)15(10-24-19)8-14-4-6-16(22)7-5-14/h4-7,10,12,23,25H,3,8-9,11H2,1-2H3. The first-order valence-electron chi connectivity index (χ1n) is 8.46. The molecule has 0 atom stereocenters. The zero-order valence-corrected chi connectivity index (χ0v) is 16.8. The van der Waals surface area contributed by atoms with Crippen molar-refractivity contribution in [2.75, 3.05) is 18.5 Å². The molecule has 0 aliphatic rings. The predicted molar refractivity (Wildman–Crippen MR) is 106 cm³/mol. The van der Waals surface area contributed by atoms with Crippen LogP contribution < -0.4 is 5.32 Å². The fourth-order valence-electron chi connectivity index (χ4n) is 2.33. The summed E-state index contributed by atoms with van der Waals surface area (Å²) in [4.78, 5) is 16.7. The number of rotatable bonds is 8. The molecule has 0 unspecified atom stereocenters. The molecule has 27 heavy (non-hydrogen) atoms. The highest BCUT2D eigenvalue weighted by Crippen LogP contribution is 2.31. The molecular formula is C20H22BrFN2O3. The normalized spacial score (nSPS) is 10.7. The lowest BCUT2D eigenvalue weighted by molar-refractivity contribution is 0.0372. The summed E-state index contributed by atoms with van der Waals surface area (Å²) in [5.41, 5.74) is 2.90. The van der Waals surface area contributed by atoms with Crippen LogP contribution in [0, 0.1) is 5.82 Å². The molecule has 0 radical (unpaired) electrons. The van der Waals surface area contributed by atoms with Gasteiger partial charge in [0, 0.05) is 23.6 Å². The molecule has 2 rings (SSSR count). The number of esters is 1. The van der Waals surface area contributed by atoms with Crippen LogP contribution in [0.15, 0.2) is 47.1 Å². The molecule has 0 saturated carbocycles. The Kier molecular flexibility index (Phi) is 7.50. The van der Waals surface area contributed by atoms with E-state index in [1.54, 1.807) is 32.2 Å². The number of nitrogens with zero attached hydrogens (tertiary/aromatic N) is 1. The molecule has 0 bridgehead atoms. The Bertz CT molecular complexity index is 823. The topological polar surface area (TPSA) is 71.5 Å².